The molecule has 0 heterocycles. The van der Waals surface area contributed by atoms with E-state index in [0.717, 1.165) is 21.9 Å². The van der Waals surface area contributed by atoms with Gasteiger partial charge in [0.2, 0.25) is 5.91 Å². The van der Waals surface area contributed by atoms with Gasteiger partial charge in [-0.1, -0.05) is 61.9 Å². The Morgan fingerprint density at radius 2 is 1.56 bits per heavy atom. The van der Waals surface area contributed by atoms with Crippen molar-refractivity contribution in [3.63, 3.8) is 0 Å². The Kier molecular flexibility index (Phi) is 8.98. The van der Waals surface area contributed by atoms with Crippen LogP contribution in [0.4, 0.5) is 5.69 Å². The SMILES string of the molecule is COc1ccc(S(=O)(=O)N(CC(=O)NC(CC(C)C)c2ccccc2)c2ccc(C)cc2)cc1OC. The van der Waals surface area contributed by atoms with Crippen molar-refractivity contribution in [2.75, 3.05) is 25.1 Å². The molecule has 0 aromatic heterocycles. The molecule has 0 aliphatic heterocycles. The number of rotatable bonds is 11. The van der Waals surface area contributed by atoms with Gasteiger partial charge in [-0.2, -0.15) is 0 Å². The van der Waals surface area contributed by atoms with Gasteiger partial charge >= 0.3 is 0 Å². The van der Waals surface area contributed by atoms with Gasteiger partial charge in [0.15, 0.2) is 11.5 Å². The van der Waals surface area contributed by atoms with Crippen molar-refractivity contribution in [1.29, 1.82) is 0 Å². The molecule has 1 unspecified atom stereocenters. The van der Waals surface area contributed by atoms with Crippen LogP contribution in [0.2, 0.25) is 0 Å². The van der Waals surface area contributed by atoms with Gasteiger partial charge in [0.1, 0.15) is 6.54 Å². The Morgan fingerprint density at radius 1 is 0.917 bits per heavy atom. The van der Waals surface area contributed by atoms with E-state index in [9.17, 15) is 13.2 Å². The van der Waals surface area contributed by atoms with Gasteiger partial charge in [-0.15, -0.1) is 0 Å². The first-order valence-electron chi connectivity index (χ1n) is 11.8. The predicted molar refractivity (Wildman–Crippen MR) is 142 cm³/mol. The highest BCUT2D eigenvalue weighted by molar-refractivity contribution is 7.92. The molecule has 0 saturated carbocycles. The summed E-state index contributed by atoms with van der Waals surface area (Å²) in [5, 5.41) is 3.05. The summed E-state index contributed by atoms with van der Waals surface area (Å²) >= 11 is 0. The summed E-state index contributed by atoms with van der Waals surface area (Å²) in [6.45, 7) is 5.71. The van der Waals surface area contributed by atoms with E-state index >= 15 is 0 Å². The van der Waals surface area contributed by atoms with Gasteiger partial charge < -0.3 is 14.8 Å². The second-order valence-electron chi connectivity index (χ2n) is 9.02. The van der Waals surface area contributed by atoms with Crippen molar-refractivity contribution in [1.82, 2.24) is 5.32 Å². The first-order valence-corrected chi connectivity index (χ1v) is 13.3. The Hall–Kier alpha value is -3.52. The topological polar surface area (TPSA) is 84.9 Å². The number of benzene rings is 3. The van der Waals surface area contributed by atoms with Crippen LogP contribution >= 0.6 is 0 Å². The van der Waals surface area contributed by atoms with Gasteiger partial charge in [0.25, 0.3) is 10.0 Å². The molecule has 1 amide bonds. The molecule has 0 saturated heterocycles. The standard InChI is InChI=1S/C28H34N2O5S/c1-20(2)17-25(22-9-7-6-8-10-22)29-28(31)19-30(23-13-11-21(3)12-14-23)36(32,33)24-15-16-26(34-4)27(18-24)35-5/h6-16,18,20,25H,17,19H2,1-5H3,(H,29,31). The highest BCUT2D eigenvalue weighted by Crippen LogP contribution is 2.32. The largest absolute Gasteiger partial charge is 0.493 e. The van der Waals surface area contributed by atoms with E-state index in [4.69, 9.17) is 9.47 Å². The number of carbonyl (C=O) groups excluding carboxylic acids is 1. The molecule has 192 valence electrons. The molecule has 0 fully saturated rings. The van der Waals surface area contributed by atoms with Crippen molar-refractivity contribution in [2.45, 2.75) is 38.1 Å². The van der Waals surface area contributed by atoms with E-state index < -0.39 is 15.9 Å². The Labute approximate surface area is 214 Å². The van der Waals surface area contributed by atoms with Crippen LogP contribution in [-0.2, 0) is 14.8 Å². The molecular weight excluding hydrogens is 476 g/mol. The second kappa shape index (κ2) is 11.9. The van der Waals surface area contributed by atoms with E-state index in [0.29, 0.717) is 17.4 Å². The summed E-state index contributed by atoms with van der Waals surface area (Å²) in [6, 6.07) is 20.9. The number of anilines is 1. The average molecular weight is 511 g/mol. The highest BCUT2D eigenvalue weighted by atomic mass is 32.2. The van der Waals surface area contributed by atoms with Gasteiger partial charge in [0.05, 0.1) is 30.8 Å². The van der Waals surface area contributed by atoms with Crippen molar-refractivity contribution in [3.8, 4) is 11.5 Å². The third-order valence-electron chi connectivity index (χ3n) is 5.80. The van der Waals surface area contributed by atoms with Crippen LogP contribution in [0.5, 0.6) is 11.5 Å². The van der Waals surface area contributed by atoms with Crippen molar-refractivity contribution >= 4 is 21.6 Å². The number of hydrogen-bond donors (Lipinski definition) is 1. The van der Waals surface area contributed by atoms with E-state index in [2.05, 4.69) is 19.2 Å². The first-order chi connectivity index (χ1) is 17.1. The Morgan fingerprint density at radius 3 is 2.14 bits per heavy atom. The monoisotopic (exact) mass is 510 g/mol. The number of carbonyl (C=O) groups is 1. The number of aryl methyl sites for hydroxylation is 1. The summed E-state index contributed by atoms with van der Waals surface area (Å²) < 4.78 is 39.3. The maximum Gasteiger partial charge on any atom is 0.264 e. The number of sulfonamides is 1. The predicted octanol–water partition coefficient (Wildman–Crippen LogP) is 5.11. The molecule has 0 radical (unpaired) electrons. The van der Waals surface area contributed by atoms with Crippen LogP contribution in [0.1, 0.15) is 37.4 Å². The molecule has 0 aliphatic carbocycles. The van der Waals surface area contributed by atoms with E-state index in [1.165, 1.54) is 32.4 Å². The van der Waals surface area contributed by atoms with Crippen molar-refractivity contribution < 1.29 is 22.7 Å². The fourth-order valence-electron chi connectivity index (χ4n) is 3.94. The summed E-state index contributed by atoms with van der Waals surface area (Å²) in [4.78, 5) is 13.3. The molecule has 3 rings (SSSR count). The summed E-state index contributed by atoms with van der Waals surface area (Å²) in [5.41, 5.74) is 2.35. The van der Waals surface area contributed by atoms with Crippen LogP contribution < -0.4 is 19.1 Å². The van der Waals surface area contributed by atoms with Crippen molar-refractivity contribution in [2.24, 2.45) is 5.92 Å². The second-order valence-corrected chi connectivity index (χ2v) is 10.9. The average Bonchev–Trinajstić information content (AvgIpc) is 2.87. The quantitative estimate of drug-likeness (QED) is 0.387. The maximum atomic E-state index is 13.8. The maximum absolute atomic E-state index is 13.8. The lowest BCUT2D eigenvalue weighted by molar-refractivity contribution is -0.120. The fraction of sp³-hybridized carbons (Fsp3) is 0.321. The summed E-state index contributed by atoms with van der Waals surface area (Å²) in [7, 11) is -1.18. The molecular formula is C28H34N2O5S. The normalized spacial score (nSPS) is 12.2. The minimum atomic E-state index is -4.11. The number of ether oxygens (including phenoxy) is 2. The summed E-state index contributed by atoms with van der Waals surface area (Å²) in [6.07, 6.45) is 0.725. The Balaban J connectivity index is 1.96. The third-order valence-corrected chi connectivity index (χ3v) is 7.57. The van der Waals surface area contributed by atoms with E-state index in [1.807, 2.05) is 49.4 Å². The van der Waals surface area contributed by atoms with Gasteiger partial charge in [-0.25, -0.2) is 8.42 Å². The molecule has 0 spiro atoms. The van der Waals surface area contributed by atoms with E-state index in [-0.39, 0.29) is 23.2 Å². The zero-order valence-corrected chi connectivity index (χ0v) is 22.2. The van der Waals surface area contributed by atoms with Crippen LogP contribution in [0.15, 0.2) is 77.7 Å². The number of amides is 1. The van der Waals surface area contributed by atoms with Crippen LogP contribution in [0.25, 0.3) is 0 Å². The van der Waals surface area contributed by atoms with Gasteiger partial charge in [0, 0.05) is 6.07 Å². The van der Waals surface area contributed by atoms with Crippen LogP contribution in [-0.4, -0.2) is 35.1 Å². The number of nitrogens with zero attached hydrogens (tertiary/aromatic N) is 1. The molecule has 3 aromatic rings. The molecule has 1 atom stereocenters. The zero-order chi connectivity index (χ0) is 26.3. The lowest BCUT2D eigenvalue weighted by atomic mass is 9.97. The molecule has 7 nitrogen and oxygen atoms in total. The first kappa shape index (κ1) is 27.1. The molecule has 3 aromatic carbocycles. The summed E-state index contributed by atoms with van der Waals surface area (Å²) in [5.74, 6) is 0.636. The molecule has 36 heavy (non-hydrogen) atoms. The Bertz CT molecular complexity index is 1260. The van der Waals surface area contributed by atoms with Gasteiger partial charge in [-0.05, 0) is 49.1 Å². The molecule has 0 aliphatic rings. The fourth-order valence-corrected chi connectivity index (χ4v) is 5.37. The van der Waals surface area contributed by atoms with Gasteiger partial charge in [-0.3, -0.25) is 9.10 Å². The van der Waals surface area contributed by atoms with Crippen LogP contribution in [0, 0.1) is 12.8 Å². The lowest BCUT2D eigenvalue weighted by Crippen LogP contribution is -2.42. The smallest absolute Gasteiger partial charge is 0.264 e. The molecule has 0 bridgehead atoms. The lowest BCUT2D eigenvalue weighted by Gasteiger charge is -2.27. The number of nitrogens with one attached hydrogen (secondary N) is 1. The zero-order valence-electron chi connectivity index (χ0n) is 21.4. The number of methoxy groups -OCH3 is 2. The minimum Gasteiger partial charge on any atom is -0.493 e. The molecule has 8 heteroatoms. The molecule has 1 N–H and O–H groups in total. The minimum absolute atomic E-state index is 0.00434. The third kappa shape index (κ3) is 6.57. The van der Waals surface area contributed by atoms with Crippen LogP contribution in [0.3, 0.4) is 0 Å². The number of hydrogen-bond acceptors (Lipinski definition) is 5. The van der Waals surface area contributed by atoms with E-state index in [1.54, 1.807) is 12.1 Å². The van der Waals surface area contributed by atoms with Crippen molar-refractivity contribution in [3.05, 3.63) is 83.9 Å². The highest BCUT2D eigenvalue weighted by Gasteiger charge is 2.29.